The maximum absolute atomic E-state index is 12.1. The van der Waals surface area contributed by atoms with Crippen LogP contribution in [0, 0.1) is 0 Å². The van der Waals surface area contributed by atoms with Gasteiger partial charge in [-0.05, 0) is 6.07 Å². The summed E-state index contributed by atoms with van der Waals surface area (Å²) in [5.41, 5.74) is -0.220. The Morgan fingerprint density at radius 2 is 2.31 bits per heavy atom. The van der Waals surface area contributed by atoms with Crippen LogP contribution >= 0.6 is 11.3 Å². The molecular formula is C7H6F2O3S. The van der Waals surface area contributed by atoms with Crippen LogP contribution in [-0.4, -0.2) is 18.2 Å². The highest BCUT2D eigenvalue weighted by Crippen LogP contribution is 2.35. The average Bonchev–Trinajstić information content (AvgIpc) is 2.47. The minimum atomic E-state index is -2.66. The number of rotatable bonds is 3. The lowest BCUT2D eigenvalue weighted by Gasteiger charge is -1.94. The second-order valence-corrected chi connectivity index (χ2v) is 3.21. The van der Waals surface area contributed by atoms with Gasteiger partial charge in [0.05, 0.1) is 12.0 Å². The third-order valence-electron chi connectivity index (χ3n) is 1.35. The zero-order chi connectivity index (χ0) is 10.0. The van der Waals surface area contributed by atoms with E-state index in [0.29, 0.717) is 11.3 Å². The lowest BCUT2D eigenvalue weighted by Crippen LogP contribution is -1.96. The molecule has 0 amide bonds. The number of thiophene rings is 1. The monoisotopic (exact) mass is 208 g/mol. The smallest absolute Gasteiger partial charge is 0.340 e. The lowest BCUT2D eigenvalue weighted by atomic mass is 10.3. The number of ether oxygens (including phenoxy) is 1. The number of carboxylic acid groups (broad SMARTS) is 1. The zero-order valence-corrected chi connectivity index (χ0v) is 7.40. The van der Waals surface area contributed by atoms with E-state index in [1.807, 2.05) is 0 Å². The number of alkyl halides is 2. The molecule has 0 bridgehead atoms. The molecule has 0 radical (unpaired) electrons. The van der Waals surface area contributed by atoms with Gasteiger partial charge < -0.3 is 9.84 Å². The molecule has 3 nitrogen and oxygen atoms in total. The Bertz CT molecular complexity index is 322. The molecule has 6 heteroatoms. The third kappa shape index (κ3) is 1.95. The third-order valence-corrected chi connectivity index (χ3v) is 2.45. The van der Waals surface area contributed by atoms with Crippen molar-refractivity contribution in [2.45, 2.75) is 6.43 Å². The summed E-state index contributed by atoms with van der Waals surface area (Å²) in [5, 5.41) is 8.58. The Hall–Kier alpha value is -1.17. The van der Waals surface area contributed by atoms with Crippen molar-refractivity contribution in [2.24, 2.45) is 0 Å². The van der Waals surface area contributed by atoms with Crippen LogP contribution in [0.4, 0.5) is 8.78 Å². The Morgan fingerprint density at radius 1 is 1.69 bits per heavy atom. The van der Waals surface area contributed by atoms with Crippen LogP contribution < -0.4 is 4.74 Å². The van der Waals surface area contributed by atoms with E-state index < -0.39 is 12.4 Å². The summed E-state index contributed by atoms with van der Waals surface area (Å²) in [6, 6.07) is 0.927. The van der Waals surface area contributed by atoms with Gasteiger partial charge >= 0.3 is 5.97 Å². The van der Waals surface area contributed by atoms with Crippen molar-refractivity contribution in [2.75, 3.05) is 7.11 Å². The van der Waals surface area contributed by atoms with Crippen molar-refractivity contribution < 1.29 is 23.4 Å². The van der Waals surface area contributed by atoms with Gasteiger partial charge in [0.2, 0.25) is 0 Å². The predicted molar refractivity (Wildman–Crippen MR) is 42.8 cm³/mol. The first kappa shape index (κ1) is 9.91. The number of methoxy groups -OCH3 is 1. The van der Waals surface area contributed by atoms with E-state index in [9.17, 15) is 13.6 Å². The molecule has 0 aliphatic rings. The predicted octanol–water partition coefficient (Wildman–Crippen LogP) is 2.39. The molecule has 1 N–H and O–H groups in total. The zero-order valence-electron chi connectivity index (χ0n) is 6.58. The minimum absolute atomic E-state index is 0.00259. The van der Waals surface area contributed by atoms with Gasteiger partial charge in [-0.15, -0.1) is 0 Å². The molecule has 0 spiro atoms. The summed E-state index contributed by atoms with van der Waals surface area (Å²) in [4.78, 5) is 10.2. The number of hydrogen-bond acceptors (Lipinski definition) is 3. The van der Waals surface area contributed by atoms with E-state index >= 15 is 0 Å². The summed E-state index contributed by atoms with van der Waals surface area (Å²) in [6.07, 6.45) is -2.66. The summed E-state index contributed by atoms with van der Waals surface area (Å²) < 4.78 is 28.9. The van der Waals surface area contributed by atoms with Gasteiger partial charge in [-0.2, -0.15) is 0 Å². The van der Waals surface area contributed by atoms with Crippen LogP contribution in [0.15, 0.2) is 6.07 Å². The number of aromatic carboxylic acids is 1. The first-order valence-corrected chi connectivity index (χ1v) is 4.07. The van der Waals surface area contributed by atoms with Crippen LogP contribution in [0.5, 0.6) is 5.06 Å². The number of halogens is 2. The Balaban J connectivity index is 3.11. The molecule has 1 rings (SSSR count). The summed E-state index contributed by atoms with van der Waals surface area (Å²) in [6.45, 7) is 0. The normalized spacial score (nSPS) is 10.5. The molecule has 72 valence electrons. The SMILES string of the molecule is COc1sc(C(F)F)cc1C(=O)O. The van der Waals surface area contributed by atoms with E-state index in [4.69, 9.17) is 5.11 Å². The Morgan fingerprint density at radius 3 is 2.62 bits per heavy atom. The number of carbonyl (C=O) groups is 1. The molecule has 0 atom stereocenters. The van der Waals surface area contributed by atoms with Crippen molar-refractivity contribution in [3.05, 3.63) is 16.5 Å². The molecule has 0 fully saturated rings. The highest BCUT2D eigenvalue weighted by atomic mass is 32.1. The average molecular weight is 208 g/mol. The van der Waals surface area contributed by atoms with Gasteiger partial charge in [-0.1, -0.05) is 11.3 Å². The molecule has 0 aliphatic heterocycles. The molecule has 0 aliphatic carbocycles. The van der Waals surface area contributed by atoms with Crippen molar-refractivity contribution in [1.29, 1.82) is 0 Å². The van der Waals surface area contributed by atoms with Crippen molar-refractivity contribution in [3.63, 3.8) is 0 Å². The van der Waals surface area contributed by atoms with E-state index in [1.165, 1.54) is 7.11 Å². The van der Waals surface area contributed by atoms with Gasteiger partial charge in [-0.25, -0.2) is 13.6 Å². The maximum atomic E-state index is 12.1. The topological polar surface area (TPSA) is 46.5 Å². The Kier molecular flexibility index (Phi) is 2.82. The number of hydrogen-bond donors (Lipinski definition) is 1. The maximum Gasteiger partial charge on any atom is 0.340 e. The van der Waals surface area contributed by atoms with E-state index in [0.717, 1.165) is 6.07 Å². The van der Waals surface area contributed by atoms with Gasteiger partial charge in [0.25, 0.3) is 6.43 Å². The van der Waals surface area contributed by atoms with Crippen molar-refractivity contribution in [1.82, 2.24) is 0 Å². The highest BCUT2D eigenvalue weighted by Gasteiger charge is 2.20. The summed E-state index contributed by atoms with van der Waals surface area (Å²) in [5.74, 6) is -1.26. The van der Waals surface area contributed by atoms with Gasteiger partial charge in [0, 0.05) is 0 Å². The molecule has 0 saturated heterocycles. The fourth-order valence-corrected chi connectivity index (χ4v) is 1.62. The van der Waals surface area contributed by atoms with E-state index in [1.54, 1.807) is 0 Å². The quantitative estimate of drug-likeness (QED) is 0.829. The van der Waals surface area contributed by atoms with Crippen molar-refractivity contribution >= 4 is 17.3 Å². The van der Waals surface area contributed by atoms with Crippen LogP contribution in [0.3, 0.4) is 0 Å². The molecule has 0 aromatic carbocycles. The fraction of sp³-hybridized carbons (Fsp3) is 0.286. The lowest BCUT2D eigenvalue weighted by molar-refractivity contribution is 0.0694. The largest absolute Gasteiger partial charge is 0.487 e. The number of carboxylic acids is 1. The second-order valence-electron chi connectivity index (χ2n) is 2.16. The van der Waals surface area contributed by atoms with Crippen LogP contribution in [0.25, 0.3) is 0 Å². The first-order chi connectivity index (χ1) is 6.06. The molecule has 0 saturated carbocycles. The molecule has 1 aromatic rings. The molecule has 0 unspecified atom stereocenters. The second kappa shape index (κ2) is 3.69. The van der Waals surface area contributed by atoms with Gasteiger partial charge in [-0.3, -0.25) is 0 Å². The van der Waals surface area contributed by atoms with Gasteiger partial charge in [0.1, 0.15) is 5.56 Å². The Labute approximate surface area is 76.6 Å². The first-order valence-electron chi connectivity index (χ1n) is 3.25. The standard InChI is InChI=1S/C7H6F2O3S/c1-12-7-3(6(10)11)2-4(13-7)5(8)9/h2,5H,1H3,(H,10,11). The highest BCUT2D eigenvalue weighted by molar-refractivity contribution is 7.14. The van der Waals surface area contributed by atoms with E-state index in [-0.39, 0.29) is 15.5 Å². The summed E-state index contributed by atoms with van der Waals surface area (Å²) >= 11 is 0.643. The van der Waals surface area contributed by atoms with Gasteiger partial charge in [0.15, 0.2) is 5.06 Å². The van der Waals surface area contributed by atoms with Crippen LogP contribution in [0.1, 0.15) is 21.7 Å². The molecule has 13 heavy (non-hydrogen) atoms. The van der Waals surface area contributed by atoms with Crippen LogP contribution in [0.2, 0.25) is 0 Å². The summed E-state index contributed by atoms with van der Waals surface area (Å²) in [7, 11) is 1.24. The minimum Gasteiger partial charge on any atom is -0.487 e. The van der Waals surface area contributed by atoms with E-state index in [2.05, 4.69) is 4.74 Å². The fourth-order valence-electron chi connectivity index (χ4n) is 0.801. The van der Waals surface area contributed by atoms with Crippen LogP contribution in [-0.2, 0) is 0 Å². The molecule has 1 aromatic heterocycles. The molecule has 1 heterocycles. The van der Waals surface area contributed by atoms with Crippen molar-refractivity contribution in [3.8, 4) is 5.06 Å². The molecular weight excluding hydrogens is 202 g/mol.